The Hall–Kier alpha value is -4.17. The van der Waals surface area contributed by atoms with Gasteiger partial charge >= 0.3 is 0 Å². The van der Waals surface area contributed by atoms with Crippen molar-refractivity contribution in [2.45, 2.75) is 0 Å². The first-order valence-electron chi connectivity index (χ1n) is 10.6. The third kappa shape index (κ3) is 4.49. The topological polar surface area (TPSA) is 90.9 Å². The molecule has 0 aliphatic carbocycles. The number of aromatic nitrogens is 4. The summed E-state index contributed by atoms with van der Waals surface area (Å²) in [6.07, 6.45) is 0. The van der Waals surface area contributed by atoms with E-state index in [1.807, 2.05) is 42.5 Å². The number of ether oxygens (including phenoxy) is 1. The van der Waals surface area contributed by atoms with Gasteiger partial charge in [0.1, 0.15) is 24.0 Å². The van der Waals surface area contributed by atoms with Crippen LogP contribution >= 0.6 is 11.6 Å². The summed E-state index contributed by atoms with van der Waals surface area (Å²) in [4.78, 5) is 9.23. The van der Waals surface area contributed by atoms with Crippen LogP contribution in [-0.2, 0) is 0 Å². The molecule has 0 amide bonds. The molecule has 34 heavy (non-hydrogen) atoms. The van der Waals surface area contributed by atoms with Crippen molar-refractivity contribution in [3.8, 4) is 22.7 Å². The summed E-state index contributed by atoms with van der Waals surface area (Å²) in [5.41, 5.74) is 8.87. The highest BCUT2D eigenvalue weighted by Crippen LogP contribution is 2.33. The van der Waals surface area contributed by atoms with Gasteiger partial charge in [0.25, 0.3) is 0 Å². The van der Waals surface area contributed by atoms with Gasteiger partial charge in [-0.15, -0.1) is 5.10 Å². The summed E-state index contributed by atoms with van der Waals surface area (Å²) >= 11 is 6.02. The fourth-order valence-electron chi connectivity index (χ4n) is 3.53. The molecule has 0 aliphatic heterocycles. The van der Waals surface area contributed by atoms with E-state index >= 15 is 0 Å². The molecule has 5 aromatic rings. The second kappa shape index (κ2) is 9.36. The molecule has 2 heterocycles. The maximum Gasteiger partial charge on any atom is 0.225 e. The lowest BCUT2D eigenvalue weighted by atomic mass is 10.1. The lowest BCUT2D eigenvalue weighted by Gasteiger charge is -2.10. The van der Waals surface area contributed by atoms with E-state index in [0.29, 0.717) is 52.2 Å². The average Bonchev–Trinajstić information content (AvgIpc) is 3.19. The minimum Gasteiger partial charge on any atom is -0.492 e. The molecule has 3 N–H and O–H groups in total. The first-order valence-corrected chi connectivity index (χ1v) is 11.0. The number of nitrogens with one attached hydrogen (secondary N) is 1. The number of anilines is 2. The van der Waals surface area contributed by atoms with Crippen LogP contribution in [0.3, 0.4) is 0 Å². The van der Waals surface area contributed by atoms with Gasteiger partial charge in [-0.05, 0) is 60.7 Å². The third-order valence-corrected chi connectivity index (χ3v) is 5.41. The van der Waals surface area contributed by atoms with Crippen molar-refractivity contribution in [2.75, 3.05) is 24.2 Å². The summed E-state index contributed by atoms with van der Waals surface area (Å²) in [7, 11) is 0. The van der Waals surface area contributed by atoms with Gasteiger partial charge in [-0.2, -0.15) is 4.98 Å². The van der Waals surface area contributed by atoms with Gasteiger partial charge in [0.15, 0.2) is 5.65 Å². The van der Waals surface area contributed by atoms with E-state index in [0.717, 1.165) is 11.4 Å². The van der Waals surface area contributed by atoms with Crippen LogP contribution in [0.5, 0.6) is 5.75 Å². The Kier molecular flexibility index (Phi) is 5.97. The van der Waals surface area contributed by atoms with Crippen molar-refractivity contribution in [3.63, 3.8) is 0 Å². The van der Waals surface area contributed by atoms with E-state index in [1.165, 1.54) is 12.1 Å². The fourth-order valence-corrected chi connectivity index (χ4v) is 3.66. The van der Waals surface area contributed by atoms with Gasteiger partial charge in [-0.25, -0.2) is 14.1 Å². The molecule has 0 unspecified atom stereocenters. The molecule has 0 bridgehead atoms. The predicted molar refractivity (Wildman–Crippen MR) is 132 cm³/mol. The highest BCUT2D eigenvalue weighted by atomic mass is 35.5. The average molecular weight is 475 g/mol. The SMILES string of the molecule is Nc1c2c(-c3ccc(F)cc3)nc(NCCOc3ccccc3)nc2nn1-c1ccc(Cl)cc1. The summed E-state index contributed by atoms with van der Waals surface area (Å²) in [5, 5.41) is 8.96. The molecule has 3 aromatic carbocycles. The zero-order valence-electron chi connectivity index (χ0n) is 18.0. The van der Waals surface area contributed by atoms with Gasteiger partial charge in [-0.1, -0.05) is 29.8 Å². The number of hydrogen-bond donors (Lipinski definition) is 2. The molecule has 0 saturated carbocycles. The second-order valence-corrected chi connectivity index (χ2v) is 7.90. The van der Waals surface area contributed by atoms with Gasteiger partial charge in [0.05, 0.1) is 23.3 Å². The molecule has 0 radical (unpaired) electrons. The number of para-hydroxylation sites is 1. The summed E-state index contributed by atoms with van der Waals surface area (Å²) < 4.78 is 20.9. The van der Waals surface area contributed by atoms with Gasteiger partial charge in [0.2, 0.25) is 5.95 Å². The standard InChI is InChI=1S/C25H20ClFN6O/c26-17-8-12-19(13-9-17)33-23(28)21-22(16-6-10-18(27)11-7-16)30-25(31-24(21)32-33)29-14-15-34-20-4-2-1-3-5-20/h1-13H,14-15,28H2,(H,29,31,32). The van der Waals surface area contributed by atoms with Gasteiger partial charge in [-0.3, -0.25) is 0 Å². The maximum absolute atomic E-state index is 13.6. The zero-order chi connectivity index (χ0) is 23.5. The van der Waals surface area contributed by atoms with Crippen LogP contribution in [-0.4, -0.2) is 32.9 Å². The first kappa shape index (κ1) is 21.7. The molecule has 0 atom stereocenters. The summed E-state index contributed by atoms with van der Waals surface area (Å²) in [6, 6.07) is 22.7. The molecule has 5 rings (SSSR count). The zero-order valence-corrected chi connectivity index (χ0v) is 18.7. The van der Waals surface area contributed by atoms with Gasteiger partial charge < -0.3 is 15.8 Å². The van der Waals surface area contributed by atoms with Gasteiger partial charge in [0, 0.05) is 10.6 Å². The fraction of sp³-hybridized carbons (Fsp3) is 0.0800. The highest BCUT2D eigenvalue weighted by molar-refractivity contribution is 6.30. The van der Waals surface area contributed by atoms with Crippen LogP contribution < -0.4 is 15.8 Å². The normalized spacial score (nSPS) is 11.0. The smallest absolute Gasteiger partial charge is 0.225 e. The van der Waals surface area contributed by atoms with Crippen molar-refractivity contribution in [2.24, 2.45) is 0 Å². The van der Waals surface area contributed by atoms with E-state index in [4.69, 9.17) is 22.1 Å². The van der Waals surface area contributed by atoms with E-state index in [9.17, 15) is 4.39 Å². The van der Waals surface area contributed by atoms with E-state index < -0.39 is 0 Å². The Morgan fingerprint density at radius 3 is 2.41 bits per heavy atom. The second-order valence-electron chi connectivity index (χ2n) is 7.46. The van der Waals surface area contributed by atoms with E-state index in [1.54, 1.807) is 28.9 Å². The van der Waals surface area contributed by atoms with Crippen LogP contribution in [0.2, 0.25) is 5.02 Å². The van der Waals surface area contributed by atoms with Crippen LogP contribution in [0.25, 0.3) is 28.0 Å². The van der Waals surface area contributed by atoms with Crippen molar-refractivity contribution >= 4 is 34.4 Å². The van der Waals surface area contributed by atoms with Crippen LogP contribution in [0.15, 0.2) is 78.9 Å². The molecular weight excluding hydrogens is 455 g/mol. The number of nitrogen functional groups attached to an aromatic ring is 1. The first-order chi connectivity index (χ1) is 16.6. The molecule has 0 aliphatic rings. The molecule has 0 saturated heterocycles. The Morgan fingerprint density at radius 2 is 1.68 bits per heavy atom. The number of hydrogen-bond acceptors (Lipinski definition) is 6. The van der Waals surface area contributed by atoms with Crippen LogP contribution in [0.4, 0.5) is 16.2 Å². The Balaban J connectivity index is 1.50. The lowest BCUT2D eigenvalue weighted by Crippen LogP contribution is -2.13. The largest absolute Gasteiger partial charge is 0.492 e. The number of nitrogens with two attached hydrogens (primary N) is 1. The Bertz CT molecular complexity index is 1420. The monoisotopic (exact) mass is 474 g/mol. The molecule has 170 valence electrons. The van der Waals surface area contributed by atoms with Crippen LogP contribution in [0.1, 0.15) is 0 Å². The summed E-state index contributed by atoms with van der Waals surface area (Å²) in [5.74, 6) is 1.18. The number of benzene rings is 3. The van der Waals surface area contributed by atoms with Crippen LogP contribution in [0, 0.1) is 5.82 Å². The van der Waals surface area contributed by atoms with Crippen molar-refractivity contribution in [1.29, 1.82) is 0 Å². The number of halogens is 2. The van der Waals surface area contributed by atoms with Crippen molar-refractivity contribution < 1.29 is 9.13 Å². The molecule has 2 aromatic heterocycles. The van der Waals surface area contributed by atoms with Crippen molar-refractivity contribution in [3.05, 3.63) is 89.7 Å². The lowest BCUT2D eigenvalue weighted by molar-refractivity contribution is 0.332. The predicted octanol–water partition coefficient (Wildman–Crippen LogP) is 5.35. The Morgan fingerprint density at radius 1 is 0.941 bits per heavy atom. The Labute approximate surface area is 200 Å². The quantitative estimate of drug-likeness (QED) is 0.309. The van der Waals surface area contributed by atoms with Crippen molar-refractivity contribution in [1.82, 2.24) is 19.7 Å². The summed E-state index contributed by atoms with van der Waals surface area (Å²) in [6.45, 7) is 0.884. The molecular formula is C25H20ClFN6O. The minimum atomic E-state index is -0.338. The molecule has 0 fully saturated rings. The minimum absolute atomic E-state index is 0.338. The third-order valence-electron chi connectivity index (χ3n) is 5.15. The number of nitrogens with zero attached hydrogens (tertiary/aromatic N) is 4. The molecule has 7 nitrogen and oxygen atoms in total. The number of rotatable bonds is 7. The maximum atomic E-state index is 13.6. The van der Waals surface area contributed by atoms with E-state index in [-0.39, 0.29) is 5.82 Å². The van der Waals surface area contributed by atoms with E-state index in [2.05, 4.69) is 20.4 Å². The molecule has 0 spiro atoms. The number of fused-ring (bicyclic) bond motifs is 1. The highest BCUT2D eigenvalue weighted by Gasteiger charge is 2.19. The molecule has 9 heteroatoms.